The molecule has 0 saturated carbocycles. The number of H-pyrrole nitrogens is 1. The Kier molecular flexibility index (Phi) is 5.75. The van der Waals surface area contributed by atoms with Gasteiger partial charge in [-0.05, 0) is 26.0 Å². The first kappa shape index (κ1) is 17.7. The number of methoxy groups -OCH3 is 1. The number of benzene rings is 1. The Morgan fingerprint density at radius 1 is 1.25 bits per heavy atom. The van der Waals surface area contributed by atoms with E-state index >= 15 is 0 Å². The lowest BCUT2D eigenvalue weighted by atomic mass is 10.2. The van der Waals surface area contributed by atoms with Gasteiger partial charge in [0, 0.05) is 11.4 Å². The summed E-state index contributed by atoms with van der Waals surface area (Å²) in [6.45, 7) is 3.53. The molecule has 1 aromatic carbocycles. The molecule has 2 rings (SSSR count). The number of ether oxygens (including phenoxy) is 1. The number of hydrogen-bond acceptors (Lipinski definition) is 6. The molecule has 0 atom stereocenters. The van der Waals surface area contributed by atoms with E-state index in [1.165, 1.54) is 7.11 Å². The number of anilines is 1. The molecule has 7 nitrogen and oxygen atoms in total. The van der Waals surface area contributed by atoms with Gasteiger partial charge in [-0.25, -0.2) is 9.59 Å². The summed E-state index contributed by atoms with van der Waals surface area (Å²) in [6.07, 6.45) is 0. The molecule has 0 aliphatic carbocycles. The molecular weight excluding hydrogens is 330 g/mol. The number of rotatable bonds is 5. The van der Waals surface area contributed by atoms with Crippen LogP contribution in [-0.4, -0.2) is 34.7 Å². The summed E-state index contributed by atoms with van der Waals surface area (Å²) in [7, 11) is 1.24. The predicted molar refractivity (Wildman–Crippen MR) is 91.5 cm³/mol. The summed E-state index contributed by atoms with van der Waals surface area (Å²) < 4.78 is 4.70. The number of aryl methyl sites for hydroxylation is 2. The minimum atomic E-state index is -0.613. The largest absolute Gasteiger partial charge is 0.465 e. The molecule has 0 radical (unpaired) electrons. The van der Waals surface area contributed by atoms with E-state index in [9.17, 15) is 14.4 Å². The number of esters is 1. The Labute approximate surface area is 142 Å². The minimum Gasteiger partial charge on any atom is -0.465 e. The fraction of sp³-hybridized carbons (Fsp3) is 0.250. The van der Waals surface area contributed by atoms with Crippen LogP contribution in [0.3, 0.4) is 0 Å². The first-order valence-corrected chi connectivity index (χ1v) is 8.08. The summed E-state index contributed by atoms with van der Waals surface area (Å²) >= 11 is 1.01. The molecule has 24 heavy (non-hydrogen) atoms. The van der Waals surface area contributed by atoms with Crippen molar-refractivity contribution in [2.24, 2.45) is 0 Å². The van der Waals surface area contributed by atoms with Crippen molar-refractivity contribution in [1.82, 2.24) is 9.97 Å². The maximum absolute atomic E-state index is 12.0. The summed E-state index contributed by atoms with van der Waals surface area (Å²) in [5.41, 5.74) is 1.69. The topological polar surface area (TPSA) is 101 Å². The van der Waals surface area contributed by atoms with E-state index in [1.54, 1.807) is 19.1 Å². The van der Waals surface area contributed by atoms with Gasteiger partial charge in [0.25, 0.3) is 0 Å². The van der Waals surface area contributed by atoms with Crippen LogP contribution in [0.5, 0.6) is 0 Å². The van der Waals surface area contributed by atoms with E-state index < -0.39 is 11.7 Å². The van der Waals surface area contributed by atoms with Crippen LogP contribution in [0.25, 0.3) is 0 Å². The third-order valence-electron chi connectivity index (χ3n) is 3.15. The SMILES string of the molecule is COC(=O)c1c(SCC(=O)Nc2ccc(C)cc2)nc(=O)[nH]c1C. The van der Waals surface area contributed by atoms with Crippen molar-refractivity contribution in [2.75, 3.05) is 18.2 Å². The van der Waals surface area contributed by atoms with Crippen LogP contribution in [0.2, 0.25) is 0 Å². The molecular formula is C16H17N3O4S. The number of nitrogens with one attached hydrogen (secondary N) is 2. The van der Waals surface area contributed by atoms with Crippen LogP contribution in [0.1, 0.15) is 21.6 Å². The van der Waals surface area contributed by atoms with Gasteiger partial charge in [-0.1, -0.05) is 29.5 Å². The van der Waals surface area contributed by atoms with Crippen LogP contribution in [0, 0.1) is 13.8 Å². The van der Waals surface area contributed by atoms with Gasteiger partial charge in [0.2, 0.25) is 5.91 Å². The molecule has 1 amide bonds. The first-order chi connectivity index (χ1) is 11.4. The van der Waals surface area contributed by atoms with Gasteiger partial charge in [0.05, 0.1) is 12.9 Å². The zero-order valence-electron chi connectivity index (χ0n) is 13.5. The second kappa shape index (κ2) is 7.78. The number of aromatic nitrogens is 2. The summed E-state index contributed by atoms with van der Waals surface area (Å²) in [4.78, 5) is 41.6. The Bertz CT molecular complexity index is 815. The summed E-state index contributed by atoms with van der Waals surface area (Å²) in [6, 6.07) is 7.38. The predicted octanol–water partition coefficient (Wildman–Crippen LogP) is 1.90. The van der Waals surface area contributed by atoms with Crippen LogP contribution in [0.15, 0.2) is 34.1 Å². The normalized spacial score (nSPS) is 10.3. The molecule has 0 aliphatic rings. The molecule has 0 spiro atoms. The second-order valence-electron chi connectivity index (χ2n) is 5.04. The first-order valence-electron chi connectivity index (χ1n) is 7.09. The Hall–Kier alpha value is -2.61. The number of hydrogen-bond donors (Lipinski definition) is 2. The fourth-order valence-corrected chi connectivity index (χ4v) is 2.84. The summed E-state index contributed by atoms with van der Waals surface area (Å²) in [5.74, 6) is -0.870. The third-order valence-corrected chi connectivity index (χ3v) is 4.13. The molecule has 0 bridgehead atoms. The van der Waals surface area contributed by atoms with Gasteiger partial charge in [-0.3, -0.25) is 4.79 Å². The Balaban J connectivity index is 2.11. The molecule has 126 valence electrons. The highest BCUT2D eigenvalue weighted by Gasteiger charge is 2.19. The van der Waals surface area contributed by atoms with Crippen molar-refractivity contribution in [3.8, 4) is 0 Å². The van der Waals surface area contributed by atoms with Gasteiger partial charge in [-0.2, -0.15) is 4.98 Å². The lowest BCUT2D eigenvalue weighted by Crippen LogP contribution is -2.20. The smallest absolute Gasteiger partial charge is 0.346 e. The minimum absolute atomic E-state index is 0.00770. The zero-order valence-corrected chi connectivity index (χ0v) is 14.3. The van der Waals surface area contributed by atoms with Crippen LogP contribution >= 0.6 is 11.8 Å². The lowest BCUT2D eigenvalue weighted by molar-refractivity contribution is -0.113. The van der Waals surface area contributed by atoms with E-state index in [1.807, 2.05) is 19.1 Å². The molecule has 1 aromatic heterocycles. The van der Waals surface area contributed by atoms with E-state index in [0.29, 0.717) is 11.4 Å². The Morgan fingerprint density at radius 3 is 2.54 bits per heavy atom. The van der Waals surface area contributed by atoms with Crippen molar-refractivity contribution >= 4 is 29.3 Å². The van der Waals surface area contributed by atoms with Crippen LogP contribution in [0.4, 0.5) is 5.69 Å². The number of nitrogens with zero attached hydrogens (tertiary/aromatic N) is 1. The van der Waals surface area contributed by atoms with E-state index in [2.05, 4.69) is 15.3 Å². The highest BCUT2D eigenvalue weighted by Crippen LogP contribution is 2.22. The third kappa shape index (κ3) is 4.45. The maximum atomic E-state index is 12.0. The van der Waals surface area contributed by atoms with Gasteiger partial charge >= 0.3 is 11.7 Å². The molecule has 0 aliphatic heterocycles. The van der Waals surface area contributed by atoms with E-state index in [-0.39, 0.29) is 22.2 Å². The highest BCUT2D eigenvalue weighted by atomic mass is 32.2. The fourth-order valence-electron chi connectivity index (χ4n) is 1.97. The van der Waals surface area contributed by atoms with Gasteiger partial charge in [0.15, 0.2) is 0 Å². The van der Waals surface area contributed by atoms with Gasteiger partial charge < -0.3 is 15.0 Å². The highest BCUT2D eigenvalue weighted by molar-refractivity contribution is 8.00. The number of aromatic amines is 1. The molecule has 2 aromatic rings. The quantitative estimate of drug-likeness (QED) is 0.487. The van der Waals surface area contributed by atoms with Gasteiger partial charge in [-0.15, -0.1) is 0 Å². The van der Waals surface area contributed by atoms with Crippen molar-refractivity contribution in [3.63, 3.8) is 0 Å². The van der Waals surface area contributed by atoms with E-state index in [4.69, 9.17) is 4.74 Å². The van der Waals surface area contributed by atoms with Crippen molar-refractivity contribution in [3.05, 3.63) is 51.6 Å². The number of thioether (sulfide) groups is 1. The van der Waals surface area contributed by atoms with Crippen molar-refractivity contribution < 1.29 is 14.3 Å². The molecule has 8 heteroatoms. The maximum Gasteiger partial charge on any atom is 0.346 e. The second-order valence-corrected chi connectivity index (χ2v) is 6.01. The van der Waals surface area contributed by atoms with Crippen molar-refractivity contribution in [1.29, 1.82) is 0 Å². The molecule has 0 fully saturated rings. The molecule has 2 N–H and O–H groups in total. The van der Waals surface area contributed by atoms with E-state index in [0.717, 1.165) is 17.3 Å². The molecule has 0 saturated heterocycles. The average Bonchev–Trinajstić information content (AvgIpc) is 2.54. The van der Waals surface area contributed by atoms with Crippen LogP contribution < -0.4 is 11.0 Å². The van der Waals surface area contributed by atoms with Gasteiger partial charge in [0.1, 0.15) is 10.6 Å². The lowest BCUT2D eigenvalue weighted by Gasteiger charge is -2.09. The standard InChI is InChI=1S/C16H17N3O4S/c1-9-4-6-11(7-5-9)18-12(20)8-24-14-13(15(21)23-3)10(2)17-16(22)19-14/h4-7H,8H2,1-3H3,(H,18,20)(H,17,19,22). The number of amides is 1. The monoisotopic (exact) mass is 347 g/mol. The zero-order chi connectivity index (χ0) is 17.7. The average molecular weight is 347 g/mol. The molecule has 1 heterocycles. The number of carbonyl (C=O) groups excluding carboxylic acids is 2. The summed E-state index contributed by atoms with van der Waals surface area (Å²) in [5, 5.41) is 2.91. The van der Waals surface area contributed by atoms with Crippen LogP contribution in [-0.2, 0) is 9.53 Å². The molecule has 0 unspecified atom stereocenters. The number of carbonyl (C=O) groups is 2. The Morgan fingerprint density at radius 2 is 1.92 bits per heavy atom. The van der Waals surface area contributed by atoms with Crippen molar-refractivity contribution in [2.45, 2.75) is 18.9 Å².